The van der Waals surface area contributed by atoms with E-state index in [-0.39, 0.29) is 51.2 Å². The molecule has 1 aromatic rings. The van der Waals surface area contributed by atoms with Crippen molar-refractivity contribution in [1.29, 1.82) is 0 Å². The molecular weight excluding hydrogens is 407 g/mol. The molecule has 0 heterocycles. The summed E-state index contributed by atoms with van der Waals surface area (Å²) in [5.74, 6) is 0.407. The quantitative estimate of drug-likeness (QED) is 0.410. The maximum absolute atomic E-state index is 12.9. The molecule has 0 aromatic heterocycles. The number of aromatic hydroxyl groups is 1. The Hall–Kier alpha value is -2.14. The summed E-state index contributed by atoms with van der Waals surface area (Å²) in [6.45, 7) is 8.63. The van der Waals surface area contributed by atoms with Gasteiger partial charge < -0.3 is 9.84 Å². The van der Waals surface area contributed by atoms with Crippen LogP contribution in [0.4, 0.5) is 4.39 Å². The highest BCUT2D eigenvalue weighted by Gasteiger charge is 2.41. The molecule has 164 valence electrons. The summed E-state index contributed by atoms with van der Waals surface area (Å²) >= 11 is 6.25. The number of hydrogen-bond acceptors (Lipinski definition) is 4. The highest BCUT2D eigenvalue weighted by atomic mass is 35.5. The molecule has 0 saturated heterocycles. The van der Waals surface area contributed by atoms with Crippen LogP contribution in [-0.4, -0.2) is 24.0 Å². The van der Waals surface area contributed by atoms with Gasteiger partial charge >= 0.3 is 0 Å². The number of allylic oxidation sites excluding steroid dienone is 4. The fourth-order valence-corrected chi connectivity index (χ4v) is 4.29. The number of ether oxygens (including phenoxy) is 1. The van der Waals surface area contributed by atoms with Gasteiger partial charge in [-0.15, -0.1) is 0 Å². The maximum atomic E-state index is 12.9. The Bertz CT molecular complexity index is 890. The largest absolute Gasteiger partial charge is 0.507 e. The number of hydrogen-bond donors (Lipinski definition) is 1. The van der Waals surface area contributed by atoms with Gasteiger partial charge in [0.2, 0.25) is 6.86 Å². The van der Waals surface area contributed by atoms with E-state index < -0.39 is 6.86 Å². The van der Waals surface area contributed by atoms with E-state index in [1.165, 1.54) is 0 Å². The predicted molar refractivity (Wildman–Crippen MR) is 117 cm³/mol. The highest BCUT2D eigenvalue weighted by molar-refractivity contribution is 6.33. The molecule has 3 atom stereocenters. The number of rotatable bonds is 7. The molecule has 0 bridgehead atoms. The minimum atomic E-state index is -1.10. The summed E-state index contributed by atoms with van der Waals surface area (Å²) in [5.41, 5.74) is 1.35. The molecule has 1 aromatic carbocycles. The molecule has 4 nitrogen and oxygen atoms in total. The van der Waals surface area contributed by atoms with Crippen LogP contribution in [0.3, 0.4) is 0 Å². The van der Waals surface area contributed by atoms with Gasteiger partial charge in [0.05, 0.1) is 10.6 Å². The summed E-state index contributed by atoms with van der Waals surface area (Å²) in [6.07, 6.45) is 8.14. The molecular formula is C24H30ClFO4. The third kappa shape index (κ3) is 4.61. The van der Waals surface area contributed by atoms with Gasteiger partial charge in [-0.3, -0.25) is 9.59 Å². The van der Waals surface area contributed by atoms with Crippen molar-refractivity contribution >= 4 is 23.7 Å². The third-order valence-corrected chi connectivity index (χ3v) is 7.15. The molecule has 0 amide bonds. The normalized spacial score (nSPS) is 25.0. The number of benzene rings is 1. The maximum Gasteiger partial charge on any atom is 0.228 e. The lowest BCUT2D eigenvalue weighted by Crippen LogP contribution is -2.40. The monoisotopic (exact) mass is 436 g/mol. The fraction of sp³-hybridized carbons (Fsp3) is 0.500. The van der Waals surface area contributed by atoms with E-state index in [1.54, 1.807) is 6.92 Å². The lowest BCUT2D eigenvalue weighted by Gasteiger charge is -2.42. The Labute approximate surface area is 182 Å². The van der Waals surface area contributed by atoms with Gasteiger partial charge in [-0.05, 0) is 43.6 Å². The van der Waals surface area contributed by atoms with Crippen LogP contribution >= 0.6 is 11.6 Å². The Morgan fingerprint density at radius 1 is 1.40 bits per heavy atom. The van der Waals surface area contributed by atoms with Crippen molar-refractivity contribution in [1.82, 2.24) is 0 Å². The van der Waals surface area contributed by atoms with Crippen molar-refractivity contribution in [2.75, 3.05) is 6.86 Å². The first-order valence-electron chi connectivity index (χ1n) is 10.1. The van der Waals surface area contributed by atoms with E-state index in [0.29, 0.717) is 24.2 Å². The fourth-order valence-electron chi connectivity index (χ4n) is 4.02. The Morgan fingerprint density at radius 3 is 2.67 bits per heavy atom. The van der Waals surface area contributed by atoms with Gasteiger partial charge in [0, 0.05) is 17.9 Å². The molecule has 1 N–H and O–H groups in total. The summed E-state index contributed by atoms with van der Waals surface area (Å²) in [7, 11) is 0. The molecule has 0 spiro atoms. The predicted octanol–water partition coefficient (Wildman–Crippen LogP) is 6.16. The van der Waals surface area contributed by atoms with Crippen LogP contribution in [0.1, 0.15) is 62.0 Å². The summed E-state index contributed by atoms with van der Waals surface area (Å²) in [4.78, 5) is 23.6. The number of ketones is 1. The van der Waals surface area contributed by atoms with Gasteiger partial charge in [-0.1, -0.05) is 56.2 Å². The lowest BCUT2D eigenvalue weighted by atomic mass is 9.61. The van der Waals surface area contributed by atoms with Gasteiger partial charge in [0.25, 0.3) is 0 Å². The van der Waals surface area contributed by atoms with Gasteiger partial charge in [-0.2, -0.15) is 0 Å². The second kappa shape index (κ2) is 9.78. The number of aldehydes is 1. The molecule has 1 aliphatic rings. The first kappa shape index (κ1) is 24.1. The number of phenolic OH excluding ortho intramolecular Hbond substituents is 1. The molecule has 30 heavy (non-hydrogen) atoms. The zero-order valence-electron chi connectivity index (χ0n) is 18.2. The van der Waals surface area contributed by atoms with E-state index in [4.69, 9.17) is 16.3 Å². The smallest absolute Gasteiger partial charge is 0.228 e. The number of alkyl halides is 1. The minimum absolute atomic E-state index is 0.0416. The first-order chi connectivity index (χ1) is 14.1. The Balaban J connectivity index is 2.35. The number of carbonyl (C=O) groups excluding carboxylic acids is 2. The topological polar surface area (TPSA) is 63.6 Å². The molecule has 1 saturated carbocycles. The molecule has 0 aliphatic heterocycles. The Kier molecular flexibility index (Phi) is 7.87. The second-order valence-electron chi connectivity index (χ2n) is 8.36. The molecule has 1 fully saturated rings. The van der Waals surface area contributed by atoms with Gasteiger partial charge in [-0.25, -0.2) is 4.39 Å². The van der Waals surface area contributed by atoms with Crippen molar-refractivity contribution in [2.45, 2.75) is 53.9 Å². The molecule has 0 unspecified atom stereocenters. The van der Waals surface area contributed by atoms with Crippen molar-refractivity contribution in [3.63, 3.8) is 0 Å². The van der Waals surface area contributed by atoms with E-state index in [0.717, 1.165) is 12.0 Å². The van der Waals surface area contributed by atoms with Crippen molar-refractivity contribution in [2.24, 2.45) is 17.3 Å². The van der Waals surface area contributed by atoms with E-state index in [9.17, 15) is 19.1 Å². The first-order valence-corrected chi connectivity index (χ1v) is 10.5. The summed E-state index contributed by atoms with van der Waals surface area (Å²) in [6, 6.07) is 0. The van der Waals surface area contributed by atoms with Crippen LogP contribution in [0, 0.1) is 24.2 Å². The average Bonchev–Trinajstić information content (AvgIpc) is 2.72. The van der Waals surface area contributed by atoms with Crippen molar-refractivity contribution in [3.05, 3.63) is 45.5 Å². The van der Waals surface area contributed by atoms with Crippen molar-refractivity contribution in [3.8, 4) is 11.5 Å². The summed E-state index contributed by atoms with van der Waals surface area (Å²) < 4.78 is 17.9. The van der Waals surface area contributed by atoms with Crippen LogP contribution in [-0.2, 0) is 11.2 Å². The Morgan fingerprint density at radius 2 is 2.07 bits per heavy atom. The number of halogens is 2. The standard InChI is InChI=1S/C24H30ClFO4/c1-14(10-11-24(5)15(2)7-9-20(28)17(24)4)6-8-18-22(29)19(12-27)16(3)21(25)23(18)30-13-26/h6,10-12,15,17,29H,7-9,13H2,1-5H3/b11-10+,14-6+/t15-,17+,24+/m1/s1. The van der Waals surface area contributed by atoms with E-state index >= 15 is 0 Å². The van der Waals surface area contributed by atoms with E-state index in [2.05, 4.69) is 19.9 Å². The highest BCUT2D eigenvalue weighted by Crippen LogP contribution is 2.45. The second-order valence-corrected chi connectivity index (χ2v) is 8.74. The number of phenols is 1. The molecule has 0 radical (unpaired) electrons. The van der Waals surface area contributed by atoms with Crippen LogP contribution in [0.25, 0.3) is 0 Å². The van der Waals surface area contributed by atoms with Crippen LogP contribution < -0.4 is 4.74 Å². The van der Waals surface area contributed by atoms with Crippen molar-refractivity contribution < 1.29 is 23.8 Å². The summed E-state index contributed by atoms with van der Waals surface area (Å²) in [5, 5.41) is 10.6. The number of carbonyl (C=O) groups is 2. The van der Waals surface area contributed by atoms with Gasteiger partial charge in [0.15, 0.2) is 6.29 Å². The van der Waals surface area contributed by atoms with Crippen LogP contribution in [0.2, 0.25) is 5.02 Å². The SMILES string of the molecule is CC(/C=C/[C@@]1(C)[C@H](C)CCC(=O)[C@@H]1C)=C\Cc1c(O)c(C=O)c(C)c(Cl)c1OCF. The third-order valence-electron chi connectivity index (χ3n) is 6.70. The lowest BCUT2D eigenvalue weighted by molar-refractivity contribution is -0.129. The number of Topliss-reactive ketones (excluding diaryl/α,β-unsaturated/α-hetero) is 1. The van der Waals surface area contributed by atoms with Crippen LogP contribution in [0.15, 0.2) is 23.8 Å². The molecule has 2 rings (SSSR count). The molecule has 6 heteroatoms. The van der Waals surface area contributed by atoms with Crippen LogP contribution in [0.5, 0.6) is 11.5 Å². The van der Waals surface area contributed by atoms with E-state index in [1.807, 2.05) is 26.0 Å². The zero-order valence-corrected chi connectivity index (χ0v) is 19.0. The minimum Gasteiger partial charge on any atom is -0.507 e. The zero-order chi connectivity index (χ0) is 22.6. The van der Waals surface area contributed by atoms with Gasteiger partial charge in [0.1, 0.15) is 17.3 Å². The average molecular weight is 437 g/mol. The molecule has 1 aliphatic carbocycles.